The number of carbonyl (C=O) groups is 1. The molecule has 0 saturated carbocycles. The maximum Gasteiger partial charge on any atom is 0.263 e. The van der Waals surface area contributed by atoms with E-state index < -0.39 is 23.0 Å². The number of aromatic nitrogens is 1. The van der Waals surface area contributed by atoms with Gasteiger partial charge in [-0.2, -0.15) is 0 Å². The molecule has 4 aromatic rings. The molecule has 1 amide bonds. The largest absolute Gasteiger partial charge is 0.497 e. The van der Waals surface area contributed by atoms with Gasteiger partial charge in [0.2, 0.25) is 5.43 Å². The molecule has 1 aromatic heterocycles. The van der Waals surface area contributed by atoms with Crippen molar-refractivity contribution in [2.24, 2.45) is 0 Å². The maximum atomic E-state index is 14.1. The number of ether oxygens (including phenoxy) is 4. The molecule has 0 aliphatic carbocycles. The number of benzene rings is 3. The van der Waals surface area contributed by atoms with E-state index in [4.69, 9.17) is 18.9 Å². The van der Waals surface area contributed by atoms with Gasteiger partial charge in [0.1, 0.15) is 47.5 Å². The summed E-state index contributed by atoms with van der Waals surface area (Å²) in [5, 5.41) is 0.276. The third kappa shape index (κ3) is 8.76. The second-order valence-electron chi connectivity index (χ2n) is 12.7. The van der Waals surface area contributed by atoms with Crippen molar-refractivity contribution in [2.75, 3.05) is 72.2 Å². The van der Waals surface area contributed by atoms with E-state index in [-0.39, 0.29) is 23.2 Å². The molecule has 0 unspecified atom stereocenters. The van der Waals surface area contributed by atoms with Crippen LogP contribution in [0.15, 0.2) is 65.6 Å². The minimum atomic E-state index is -0.826. The van der Waals surface area contributed by atoms with E-state index in [2.05, 4.69) is 7.05 Å². The van der Waals surface area contributed by atoms with Gasteiger partial charge in [-0.25, -0.2) is 8.78 Å². The Bertz CT molecular complexity index is 1780. The lowest BCUT2D eigenvalue weighted by Crippen LogP contribution is -2.52. The normalized spacial score (nSPS) is 14.1. The lowest BCUT2D eigenvalue weighted by molar-refractivity contribution is -0.917. The number of unbranched alkanes of at least 4 members (excludes halogenated alkanes) is 4. The number of nitrogens with zero attached hydrogens (tertiary/aromatic N) is 3. The number of carbonyl (C=O) groups excluding carboxylic acids is 1. The molecule has 0 atom stereocenters. The summed E-state index contributed by atoms with van der Waals surface area (Å²) in [7, 11) is 5.38. The molecule has 1 saturated heterocycles. The highest BCUT2D eigenvalue weighted by Gasteiger charge is 2.25. The zero-order valence-corrected chi connectivity index (χ0v) is 28.8. The topological polar surface area (TPSA) is 79.2 Å². The quantitative estimate of drug-likeness (QED) is 0.102. The maximum absolute atomic E-state index is 14.1. The second-order valence-corrected chi connectivity index (χ2v) is 12.7. The van der Waals surface area contributed by atoms with Crippen molar-refractivity contribution in [2.45, 2.75) is 39.0 Å². The Hall–Kier alpha value is -4.48. The Labute approximate surface area is 286 Å². The molecule has 2 heterocycles. The predicted molar refractivity (Wildman–Crippen MR) is 187 cm³/mol. The molecule has 1 aliphatic rings. The van der Waals surface area contributed by atoms with Crippen molar-refractivity contribution in [3.8, 4) is 22.9 Å². The number of pyridine rings is 1. The summed E-state index contributed by atoms with van der Waals surface area (Å²) in [5.74, 6) is -0.741. The fraction of sp³-hybridized carbons (Fsp3) is 0.421. The Balaban J connectivity index is 1.38. The van der Waals surface area contributed by atoms with Gasteiger partial charge in [-0.3, -0.25) is 9.59 Å². The summed E-state index contributed by atoms with van der Waals surface area (Å²) in [6.07, 6.45) is 6.94. The monoisotopic (exact) mass is 678 g/mol. The minimum Gasteiger partial charge on any atom is -0.497 e. The van der Waals surface area contributed by atoms with Crippen LogP contribution < -0.4 is 24.5 Å². The molecular weight excluding hydrogens is 632 g/mol. The summed E-state index contributed by atoms with van der Waals surface area (Å²) < 4.78 is 53.7. The molecule has 49 heavy (non-hydrogen) atoms. The summed E-state index contributed by atoms with van der Waals surface area (Å²) in [5.41, 5.74) is 0.408. The first-order valence-electron chi connectivity index (χ1n) is 16.9. The van der Waals surface area contributed by atoms with Crippen molar-refractivity contribution < 1.29 is 37.0 Å². The van der Waals surface area contributed by atoms with Gasteiger partial charge < -0.3 is 32.9 Å². The minimum absolute atomic E-state index is 0.00983. The molecule has 0 spiro atoms. The number of methoxy groups -OCH3 is 2. The van der Waals surface area contributed by atoms with Crippen LogP contribution >= 0.6 is 0 Å². The van der Waals surface area contributed by atoms with E-state index in [0.717, 1.165) is 68.2 Å². The highest BCUT2D eigenvalue weighted by molar-refractivity contribution is 6.07. The van der Waals surface area contributed by atoms with Crippen LogP contribution in [0.3, 0.4) is 0 Å². The Morgan fingerprint density at radius 3 is 2.18 bits per heavy atom. The van der Waals surface area contributed by atoms with Crippen molar-refractivity contribution in [3.63, 3.8) is 0 Å². The number of likely N-dealkylation sites (N-methyl/N-ethyl adjacent to an activating group) is 1. The smallest absolute Gasteiger partial charge is 0.263 e. The average Bonchev–Trinajstić information content (AvgIpc) is 3.09. The molecule has 5 rings (SSSR count). The van der Waals surface area contributed by atoms with Crippen molar-refractivity contribution in [3.05, 3.63) is 88.2 Å². The number of anilines is 1. The highest BCUT2D eigenvalue weighted by atomic mass is 19.1. The van der Waals surface area contributed by atoms with Gasteiger partial charge in [0.25, 0.3) is 5.91 Å². The first-order valence-corrected chi connectivity index (χ1v) is 16.9. The zero-order valence-electron chi connectivity index (χ0n) is 28.8. The highest BCUT2D eigenvalue weighted by Crippen LogP contribution is 2.30. The average molecular weight is 679 g/mol. The number of morpholine rings is 1. The van der Waals surface area contributed by atoms with Gasteiger partial charge >= 0.3 is 0 Å². The lowest BCUT2D eigenvalue weighted by Gasteiger charge is -2.37. The number of fused-ring (bicyclic) bond motifs is 1. The van der Waals surface area contributed by atoms with Crippen LogP contribution in [0.4, 0.5) is 14.5 Å². The van der Waals surface area contributed by atoms with Crippen LogP contribution in [0.1, 0.15) is 49.4 Å². The van der Waals surface area contributed by atoms with Crippen LogP contribution in [0.5, 0.6) is 17.2 Å². The summed E-state index contributed by atoms with van der Waals surface area (Å²) in [6, 6.07) is 13.2. The lowest BCUT2D eigenvalue weighted by atomic mass is 10.1. The predicted octanol–water partition coefficient (Wildman–Crippen LogP) is 6.76. The number of rotatable bonds is 15. The third-order valence-corrected chi connectivity index (χ3v) is 9.20. The molecule has 11 heteroatoms. The number of quaternary nitrogens is 1. The Morgan fingerprint density at radius 2 is 1.53 bits per heavy atom. The molecule has 3 aromatic carbocycles. The van der Waals surface area contributed by atoms with Gasteiger partial charge in [-0.1, -0.05) is 12.8 Å². The fourth-order valence-corrected chi connectivity index (χ4v) is 6.30. The molecule has 1 fully saturated rings. The van der Waals surface area contributed by atoms with Crippen LogP contribution in [0.2, 0.25) is 0 Å². The number of hydrogen-bond acceptors (Lipinski definition) is 6. The summed E-state index contributed by atoms with van der Waals surface area (Å²) in [6.45, 7) is 7.33. The summed E-state index contributed by atoms with van der Waals surface area (Å²) >= 11 is 0. The van der Waals surface area contributed by atoms with E-state index >= 15 is 0 Å². The molecule has 0 N–H and O–H groups in total. The number of hydrogen-bond donors (Lipinski definition) is 0. The molecule has 1 aliphatic heterocycles. The Morgan fingerprint density at radius 1 is 0.878 bits per heavy atom. The van der Waals surface area contributed by atoms with E-state index in [1.807, 2.05) is 0 Å². The van der Waals surface area contributed by atoms with Gasteiger partial charge in [-0.05, 0) is 50.5 Å². The molecular formula is C38H46F2N3O6+. The molecule has 0 radical (unpaired) electrons. The number of amides is 1. The Kier molecular flexibility index (Phi) is 11.9. The van der Waals surface area contributed by atoms with E-state index in [9.17, 15) is 18.4 Å². The van der Waals surface area contributed by atoms with Gasteiger partial charge in [0.05, 0.1) is 58.8 Å². The third-order valence-electron chi connectivity index (χ3n) is 9.20. The summed E-state index contributed by atoms with van der Waals surface area (Å²) in [4.78, 5) is 29.0. The van der Waals surface area contributed by atoms with Gasteiger partial charge in [0, 0.05) is 54.1 Å². The molecule has 0 bridgehead atoms. The SMILES string of the molecule is CCN(C(=O)c1cn(-c2cc(OC)cc(OC)c2)c2cc(OCCCCCCC[N+]3(C)CCOCC3)ccc2c1=O)c1cc(F)cc(F)c1. The van der Waals surface area contributed by atoms with Gasteiger partial charge in [0.15, 0.2) is 0 Å². The van der Waals surface area contributed by atoms with Crippen molar-refractivity contribution in [1.82, 2.24) is 4.57 Å². The standard InChI is InChI=1S/C38H46F2N3O6/c1-5-41(29-20-27(39)19-28(40)21-29)38(45)35-26-42(30-22-32(46-3)24-33(23-30)47-4)36-25-31(11-12-34(36)37(35)44)49-16-10-8-6-7-9-13-43(2)14-17-48-18-15-43/h11-12,19-26H,5-10,13-18H2,1-4H3/q+1. The molecule has 9 nitrogen and oxygen atoms in total. The van der Waals surface area contributed by atoms with E-state index in [1.54, 1.807) is 47.9 Å². The first-order chi connectivity index (χ1) is 23.6. The van der Waals surface area contributed by atoms with Crippen LogP contribution in [-0.4, -0.2) is 82.2 Å². The van der Waals surface area contributed by atoms with Crippen molar-refractivity contribution >= 4 is 22.5 Å². The van der Waals surface area contributed by atoms with Crippen LogP contribution in [0.25, 0.3) is 16.6 Å². The van der Waals surface area contributed by atoms with Crippen LogP contribution in [-0.2, 0) is 4.74 Å². The second kappa shape index (κ2) is 16.3. The first kappa shape index (κ1) is 35.8. The van der Waals surface area contributed by atoms with E-state index in [1.165, 1.54) is 44.7 Å². The fourth-order valence-electron chi connectivity index (χ4n) is 6.30. The number of halogens is 2. The van der Waals surface area contributed by atoms with E-state index in [0.29, 0.717) is 35.1 Å². The van der Waals surface area contributed by atoms with Crippen molar-refractivity contribution in [1.29, 1.82) is 0 Å². The van der Waals surface area contributed by atoms with Crippen LogP contribution in [0, 0.1) is 11.6 Å². The zero-order chi connectivity index (χ0) is 35.0. The van der Waals surface area contributed by atoms with Gasteiger partial charge in [-0.15, -0.1) is 0 Å². The molecule has 262 valence electrons.